The van der Waals surface area contributed by atoms with E-state index in [1.165, 1.54) is 19.3 Å². The van der Waals surface area contributed by atoms with Crippen molar-refractivity contribution in [3.05, 3.63) is 18.2 Å². The minimum Gasteiger partial charge on any atom is -0.497 e. The van der Waals surface area contributed by atoms with Crippen molar-refractivity contribution in [1.82, 2.24) is 0 Å². The molecule has 1 aliphatic rings. The number of methoxy groups -OCH3 is 1. The number of hydrogen-bond donors (Lipinski definition) is 1. The molecular weight excluding hydrogens is 212 g/mol. The lowest BCUT2D eigenvalue weighted by molar-refractivity contribution is 0.415. The standard InChI is InChI=1S/C14H22N2O/c1-4-11-6-5-10(2)16(11)14-8-7-12(17-3)9-13(14)15/h7-11H,4-6,15H2,1-3H3. The van der Waals surface area contributed by atoms with E-state index in [1.807, 2.05) is 12.1 Å². The largest absolute Gasteiger partial charge is 0.497 e. The fourth-order valence-electron chi connectivity index (χ4n) is 2.80. The highest BCUT2D eigenvalue weighted by atomic mass is 16.5. The van der Waals surface area contributed by atoms with Crippen LogP contribution in [-0.4, -0.2) is 19.2 Å². The van der Waals surface area contributed by atoms with Gasteiger partial charge in [0.2, 0.25) is 0 Å². The average Bonchev–Trinajstić information content (AvgIpc) is 2.70. The molecule has 0 saturated carbocycles. The van der Waals surface area contributed by atoms with Crippen molar-refractivity contribution in [3.63, 3.8) is 0 Å². The van der Waals surface area contributed by atoms with E-state index in [0.29, 0.717) is 12.1 Å². The van der Waals surface area contributed by atoms with E-state index in [2.05, 4.69) is 24.8 Å². The molecule has 0 spiro atoms. The van der Waals surface area contributed by atoms with Crippen LogP contribution in [0.4, 0.5) is 11.4 Å². The lowest BCUT2D eigenvalue weighted by Crippen LogP contribution is -2.34. The number of anilines is 2. The van der Waals surface area contributed by atoms with Crippen LogP contribution in [0, 0.1) is 0 Å². The number of nitrogens with two attached hydrogens (primary N) is 1. The monoisotopic (exact) mass is 234 g/mol. The molecule has 0 amide bonds. The van der Waals surface area contributed by atoms with E-state index in [9.17, 15) is 0 Å². The summed E-state index contributed by atoms with van der Waals surface area (Å²) in [6.07, 6.45) is 3.70. The SMILES string of the molecule is CCC1CCC(C)N1c1ccc(OC)cc1N. The first-order valence-electron chi connectivity index (χ1n) is 6.39. The quantitative estimate of drug-likeness (QED) is 0.817. The van der Waals surface area contributed by atoms with Crippen LogP contribution in [0.1, 0.15) is 33.1 Å². The minimum absolute atomic E-state index is 0.579. The van der Waals surface area contributed by atoms with Gasteiger partial charge in [0.1, 0.15) is 5.75 Å². The molecule has 2 unspecified atom stereocenters. The number of ether oxygens (including phenoxy) is 1. The Labute approximate surface area is 104 Å². The smallest absolute Gasteiger partial charge is 0.121 e. The Kier molecular flexibility index (Phi) is 3.46. The highest BCUT2D eigenvalue weighted by molar-refractivity contribution is 5.70. The molecule has 2 rings (SSSR count). The Bertz CT molecular complexity index is 392. The average molecular weight is 234 g/mol. The molecule has 1 fully saturated rings. The van der Waals surface area contributed by atoms with E-state index in [-0.39, 0.29) is 0 Å². The van der Waals surface area contributed by atoms with E-state index >= 15 is 0 Å². The maximum absolute atomic E-state index is 6.13. The van der Waals surface area contributed by atoms with Gasteiger partial charge in [0.05, 0.1) is 18.5 Å². The second-order valence-corrected chi connectivity index (χ2v) is 4.82. The highest BCUT2D eigenvalue weighted by Crippen LogP contribution is 2.36. The molecular formula is C14H22N2O. The van der Waals surface area contributed by atoms with E-state index < -0.39 is 0 Å². The molecule has 1 saturated heterocycles. The Morgan fingerprint density at radius 1 is 1.41 bits per heavy atom. The van der Waals surface area contributed by atoms with Crippen LogP contribution in [0.15, 0.2) is 18.2 Å². The van der Waals surface area contributed by atoms with Gasteiger partial charge in [0.15, 0.2) is 0 Å². The van der Waals surface area contributed by atoms with E-state index in [4.69, 9.17) is 10.5 Å². The summed E-state index contributed by atoms with van der Waals surface area (Å²) < 4.78 is 5.19. The predicted molar refractivity (Wildman–Crippen MR) is 72.7 cm³/mol. The summed E-state index contributed by atoms with van der Waals surface area (Å²) in [5.41, 5.74) is 8.11. The summed E-state index contributed by atoms with van der Waals surface area (Å²) >= 11 is 0. The van der Waals surface area contributed by atoms with Crippen LogP contribution in [0.5, 0.6) is 5.75 Å². The molecule has 3 nitrogen and oxygen atoms in total. The van der Waals surface area contributed by atoms with E-state index in [0.717, 1.165) is 17.1 Å². The molecule has 94 valence electrons. The van der Waals surface area contributed by atoms with Crippen molar-refractivity contribution < 1.29 is 4.74 Å². The molecule has 1 aromatic carbocycles. The maximum atomic E-state index is 6.13. The number of hydrogen-bond acceptors (Lipinski definition) is 3. The van der Waals surface area contributed by atoms with Crippen molar-refractivity contribution in [2.75, 3.05) is 17.7 Å². The van der Waals surface area contributed by atoms with Crippen LogP contribution in [0.2, 0.25) is 0 Å². The van der Waals surface area contributed by atoms with Gasteiger partial charge < -0.3 is 15.4 Å². The zero-order valence-corrected chi connectivity index (χ0v) is 10.9. The second-order valence-electron chi connectivity index (χ2n) is 4.82. The molecule has 1 aromatic rings. The Morgan fingerprint density at radius 3 is 2.76 bits per heavy atom. The summed E-state index contributed by atoms with van der Waals surface area (Å²) in [7, 11) is 1.67. The summed E-state index contributed by atoms with van der Waals surface area (Å²) in [5.74, 6) is 0.825. The van der Waals surface area contributed by atoms with Crippen molar-refractivity contribution in [2.45, 2.75) is 45.2 Å². The van der Waals surface area contributed by atoms with Crippen molar-refractivity contribution in [3.8, 4) is 5.75 Å². The molecule has 1 heterocycles. The zero-order chi connectivity index (χ0) is 12.4. The minimum atomic E-state index is 0.579. The second kappa shape index (κ2) is 4.86. The van der Waals surface area contributed by atoms with Gasteiger partial charge in [-0.15, -0.1) is 0 Å². The first-order chi connectivity index (χ1) is 8.17. The molecule has 3 heteroatoms. The van der Waals surface area contributed by atoms with Gasteiger partial charge in [-0.25, -0.2) is 0 Å². The molecule has 1 aliphatic heterocycles. The van der Waals surface area contributed by atoms with Crippen LogP contribution >= 0.6 is 0 Å². The van der Waals surface area contributed by atoms with Gasteiger partial charge in [-0.2, -0.15) is 0 Å². The highest BCUT2D eigenvalue weighted by Gasteiger charge is 2.30. The summed E-state index contributed by atoms with van der Waals surface area (Å²) in [4.78, 5) is 2.47. The lowest BCUT2D eigenvalue weighted by Gasteiger charge is -2.31. The van der Waals surface area contributed by atoms with Gasteiger partial charge in [-0.3, -0.25) is 0 Å². The fourth-order valence-corrected chi connectivity index (χ4v) is 2.80. The molecule has 0 bridgehead atoms. The molecule has 2 N–H and O–H groups in total. The third-order valence-electron chi connectivity index (χ3n) is 3.77. The maximum Gasteiger partial charge on any atom is 0.121 e. The third-order valence-corrected chi connectivity index (χ3v) is 3.77. The number of benzene rings is 1. The molecule has 0 aromatic heterocycles. The predicted octanol–water partition coefficient (Wildman–Crippen LogP) is 3.04. The summed E-state index contributed by atoms with van der Waals surface area (Å²) in [6.45, 7) is 4.52. The van der Waals surface area contributed by atoms with Crippen LogP contribution < -0.4 is 15.4 Å². The number of rotatable bonds is 3. The topological polar surface area (TPSA) is 38.5 Å². The third kappa shape index (κ3) is 2.19. The van der Waals surface area contributed by atoms with Gasteiger partial charge in [-0.05, 0) is 38.3 Å². The van der Waals surface area contributed by atoms with Gasteiger partial charge in [0, 0.05) is 18.2 Å². The molecule has 0 aliphatic carbocycles. The number of nitrogen functional groups attached to an aromatic ring is 1. The molecule has 2 atom stereocenters. The summed E-state index contributed by atoms with van der Waals surface area (Å²) in [6, 6.07) is 7.19. The van der Waals surface area contributed by atoms with Crippen LogP contribution in [-0.2, 0) is 0 Å². The first-order valence-corrected chi connectivity index (χ1v) is 6.39. The van der Waals surface area contributed by atoms with Crippen LogP contribution in [0.3, 0.4) is 0 Å². The first kappa shape index (κ1) is 12.1. The van der Waals surface area contributed by atoms with Gasteiger partial charge in [-0.1, -0.05) is 6.92 Å². The zero-order valence-electron chi connectivity index (χ0n) is 10.9. The normalized spacial score (nSPS) is 24.1. The molecule has 17 heavy (non-hydrogen) atoms. The van der Waals surface area contributed by atoms with E-state index in [1.54, 1.807) is 7.11 Å². The Morgan fingerprint density at radius 2 is 2.18 bits per heavy atom. The lowest BCUT2D eigenvalue weighted by atomic mass is 10.1. The van der Waals surface area contributed by atoms with Gasteiger partial charge >= 0.3 is 0 Å². The molecule has 0 radical (unpaired) electrons. The fraction of sp³-hybridized carbons (Fsp3) is 0.571. The van der Waals surface area contributed by atoms with Crippen LogP contribution in [0.25, 0.3) is 0 Å². The van der Waals surface area contributed by atoms with Crippen molar-refractivity contribution in [1.29, 1.82) is 0 Å². The summed E-state index contributed by atoms with van der Waals surface area (Å²) in [5, 5.41) is 0. The number of nitrogens with zero attached hydrogens (tertiary/aromatic N) is 1. The van der Waals surface area contributed by atoms with Crippen molar-refractivity contribution in [2.24, 2.45) is 0 Å². The Hall–Kier alpha value is -1.38. The van der Waals surface area contributed by atoms with Gasteiger partial charge in [0.25, 0.3) is 0 Å². The van der Waals surface area contributed by atoms with Crippen molar-refractivity contribution >= 4 is 11.4 Å². The Balaban J connectivity index is 2.32.